The highest BCUT2D eigenvalue weighted by Crippen LogP contribution is 2.39. The van der Waals surface area contributed by atoms with Gasteiger partial charge in [-0.25, -0.2) is 0 Å². The van der Waals surface area contributed by atoms with Gasteiger partial charge in [-0.3, -0.25) is 4.79 Å². The molecule has 2 aromatic heterocycles. The van der Waals surface area contributed by atoms with Crippen molar-refractivity contribution in [1.82, 2.24) is 9.47 Å². The van der Waals surface area contributed by atoms with E-state index < -0.39 is 0 Å². The first-order valence-electron chi connectivity index (χ1n) is 8.91. The number of amides is 1. The summed E-state index contributed by atoms with van der Waals surface area (Å²) in [4.78, 5) is 16.6. The van der Waals surface area contributed by atoms with Crippen LogP contribution in [-0.2, 0) is 18.7 Å². The van der Waals surface area contributed by atoms with Crippen molar-refractivity contribution in [2.24, 2.45) is 0 Å². The highest BCUT2D eigenvalue weighted by atomic mass is 32.2. The minimum atomic E-state index is 0.0888. The lowest BCUT2D eigenvalue weighted by atomic mass is 10.1. The summed E-state index contributed by atoms with van der Waals surface area (Å²) in [7, 11) is 3.54. The molecule has 1 aromatic carbocycles. The molecule has 0 fully saturated rings. The van der Waals surface area contributed by atoms with E-state index in [2.05, 4.69) is 4.57 Å². The maximum atomic E-state index is 13.4. The number of ether oxygens (including phenoxy) is 1. The standard InChI is InChI=1S/C21H22N2O2S2/c1-22(13-15-6-5-7-16(12-15)25-2)20(24)19-17-8-11-26-14-18(17)27-21(19)23-9-3-4-10-23/h3-7,9-10,12H,8,11,13-14H2,1-2H3. The van der Waals surface area contributed by atoms with E-state index in [0.29, 0.717) is 6.54 Å². The third-order valence-corrected chi connectivity index (χ3v) is 7.17. The van der Waals surface area contributed by atoms with Gasteiger partial charge in [-0.05, 0) is 47.6 Å². The molecule has 0 N–H and O–H groups in total. The Hall–Kier alpha value is -2.18. The maximum Gasteiger partial charge on any atom is 0.257 e. The molecule has 1 aliphatic heterocycles. The molecule has 1 aliphatic rings. The number of nitrogens with zero attached hydrogens (tertiary/aromatic N) is 2. The molecule has 6 heteroatoms. The average molecular weight is 399 g/mol. The Morgan fingerprint density at radius 1 is 1.26 bits per heavy atom. The first-order valence-corrected chi connectivity index (χ1v) is 10.9. The predicted molar refractivity (Wildman–Crippen MR) is 112 cm³/mol. The number of hydrogen-bond acceptors (Lipinski definition) is 4. The van der Waals surface area contributed by atoms with Gasteiger partial charge >= 0.3 is 0 Å². The number of fused-ring (bicyclic) bond motifs is 1. The Bertz CT molecular complexity index is 947. The van der Waals surface area contributed by atoms with Crippen molar-refractivity contribution in [3.8, 4) is 10.8 Å². The molecule has 4 rings (SSSR count). The summed E-state index contributed by atoms with van der Waals surface area (Å²) in [5.41, 5.74) is 3.18. The third-order valence-electron chi connectivity index (χ3n) is 4.76. The number of rotatable bonds is 5. The quantitative estimate of drug-likeness (QED) is 0.629. The second-order valence-electron chi connectivity index (χ2n) is 6.59. The maximum absolute atomic E-state index is 13.4. The normalized spacial score (nSPS) is 13.3. The lowest BCUT2D eigenvalue weighted by molar-refractivity contribution is 0.0784. The number of carbonyl (C=O) groups is 1. The molecule has 140 valence electrons. The fraction of sp³-hybridized carbons (Fsp3) is 0.286. The van der Waals surface area contributed by atoms with Crippen LogP contribution in [-0.4, -0.2) is 35.3 Å². The molecule has 0 atom stereocenters. The highest BCUT2D eigenvalue weighted by Gasteiger charge is 2.28. The van der Waals surface area contributed by atoms with E-state index in [1.54, 1.807) is 18.4 Å². The first-order chi connectivity index (χ1) is 13.2. The fourth-order valence-electron chi connectivity index (χ4n) is 3.40. The first kappa shape index (κ1) is 18.2. The second-order valence-corrected chi connectivity index (χ2v) is 8.78. The van der Waals surface area contributed by atoms with Crippen molar-refractivity contribution in [1.29, 1.82) is 0 Å². The fourth-order valence-corrected chi connectivity index (χ4v) is 5.84. The number of carbonyl (C=O) groups excluding carboxylic acids is 1. The van der Waals surface area contributed by atoms with Crippen LogP contribution in [0.25, 0.3) is 5.00 Å². The zero-order chi connectivity index (χ0) is 18.8. The predicted octanol–water partition coefficient (Wildman–Crippen LogP) is 4.61. The Morgan fingerprint density at radius 3 is 2.85 bits per heavy atom. The van der Waals surface area contributed by atoms with Crippen LogP contribution in [0.2, 0.25) is 0 Å². The molecule has 0 spiro atoms. The number of thiophene rings is 1. The summed E-state index contributed by atoms with van der Waals surface area (Å²) in [5, 5.41) is 1.04. The van der Waals surface area contributed by atoms with Crippen LogP contribution in [0.4, 0.5) is 0 Å². The van der Waals surface area contributed by atoms with Gasteiger partial charge in [-0.2, -0.15) is 11.8 Å². The van der Waals surface area contributed by atoms with Crippen LogP contribution in [0.1, 0.15) is 26.4 Å². The Balaban J connectivity index is 1.67. The third kappa shape index (κ3) is 3.64. The van der Waals surface area contributed by atoms with Gasteiger partial charge in [0.05, 0.1) is 12.7 Å². The van der Waals surface area contributed by atoms with Crippen LogP contribution in [0.5, 0.6) is 5.75 Å². The molecule has 0 aliphatic carbocycles. The summed E-state index contributed by atoms with van der Waals surface area (Å²) in [5.74, 6) is 2.98. The molecule has 0 radical (unpaired) electrons. The largest absolute Gasteiger partial charge is 0.497 e. The van der Waals surface area contributed by atoms with E-state index in [1.807, 2.05) is 72.5 Å². The highest BCUT2D eigenvalue weighted by molar-refractivity contribution is 7.98. The summed E-state index contributed by atoms with van der Waals surface area (Å²) < 4.78 is 7.37. The van der Waals surface area contributed by atoms with Crippen molar-refractivity contribution in [2.75, 3.05) is 19.9 Å². The molecule has 3 heterocycles. The van der Waals surface area contributed by atoms with Crippen LogP contribution >= 0.6 is 23.1 Å². The van der Waals surface area contributed by atoms with Gasteiger partial charge in [-0.1, -0.05) is 12.1 Å². The van der Waals surface area contributed by atoms with E-state index in [0.717, 1.165) is 39.8 Å². The lowest BCUT2D eigenvalue weighted by Crippen LogP contribution is -2.28. The lowest BCUT2D eigenvalue weighted by Gasteiger charge is -2.20. The number of thioether (sulfide) groups is 1. The van der Waals surface area contributed by atoms with Gasteiger partial charge in [0.25, 0.3) is 5.91 Å². The minimum Gasteiger partial charge on any atom is -0.497 e. The topological polar surface area (TPSA) is 34.5 Å². The zero-order valence-electron chi connectivity index (χ0n) is 15.5. The monoisotopic (exact) mass is 398 g/mol. The molecular formula is C21H22N2O2S2. The average Bonchev–Trinajstić information content (AvgIpc) is 3.35. The SMILES string of the molecule is COc1cccc(CN(C)C(=O)c2c(-n3cccc3)sc3c2CCSC3)c1. The van der Waals surface area contributed by atoms with E-state index in [4.69, 9.17) is 4.74 Å². The van der Waals surface area contributed by atoms with Crippen LogP contribution in [0.15, 0.2) is 48.8 Å². The van der Waals surface area contributed by atoms with Crippen molar-refractivity contribution >= 4 is 29.0 Å². The van der Waals surface area contributed by atoms with Gasteiger partial charge in [-0.15, -0.1) is 11.3 Å². The summed E-state index contributed by atoms with van der Waals surface area (Å²) >= 11 is 3.70. The van der Waals surface area contributed by atoms with Crippen LogP contribution < -0.4 is 4.74 Å². The number of hydrogen-bond donors (Lipinski definition) is 0. The number of benzene rings is 1. The van der Waals surface area contributed by atoms with Crippen molar-refractivity contribution in [3.63, 3.8) is 0 Å². The smallest absolute Gasteiger partial charge is 0.257 e. The number of methoxy groups -OCH3 is 1. The Morgan fingerprint density at radius 2 is 2.07 bits per heavy atom. The summed E-state index contributed by atoms with van der Waals surface area (Å²) in [6.07, 6.45) is 5.00. The molecule has 0 unspecified atom stereocenters. The minimum absolute atomic E-state index is 0.0888. The molecule has 27 heavy (non-hydrogen) atoms. The van der Waals surface area contributed by atoms with Gasteiger partial charge in [0.2, 0.25) is 0 Å². The van der Waals surface area contributed by atoms with Crippen molar-refractivity contribution in [3.05, 3.63) is 70.4 Å². The van der Waals surface area contributed by atoms with Crippen LogP contribution in [0.3, 0.4) is 0 Å². The Kier molecular flexibility index (Phi) is 5.27. The zero-order valence-corrected chi connectivity index (χ0v) is 17.1. The Labute approximate surface area is 167 Å². The van der Waals surface area contributed by atoms with Gasteiger partial charge in [0, 0.05) is 36.6 Å². The van der Waals surface area contributed by atoms with Crippen molar-refractivity contribution in [2.45, 2.75) is 18.7 Å². The van der Waals surface area contributed by atoms with Gasteiger partial charge < -0.3 is 14.2 Å². The molecule has 3 aromatic rings. The molecular weight excluding hydrogens is 376 g/mol. The summed E-state index contributed by atoms with van der Waals surface area (Å²) in [6, 6.07) is 11.9. The van der Waals surface area contributed by atoms with Crippen molar-refractivity contribution < 1.29 is 9.53 Å². The van der Waals surface area contributed by atoms with Crippen LogP contribution in [0, 0.1) is 0 Å². The summed E-state index contributed by atoms with van der Waals surface area (Å²) in [6.45, 7) is 0.556. The van der Waals surface area contributed by atoms with E-state index >= 15 is 0 Å². The van der Waals surface area contributed by atoms with E-state index in [9.17, 15) is 4.79 Å². The second kappa shape index (κ2) is 7.82. The molecule has 0 bridgehead atoms. The van der Waals surface area contributed by atoms with Gasteiger partial charge in [0.15, 0.2) is 0 Å². The van der Waals surface area contributed by atoms with E-state index in [-0.39, 0.29) is 5.91 Å². The van der Waals surface area contributed by atoms with Gasteiger partial charge in [0.1, 0.15) is 10.8 Å². The molecule has 1 amide bonds. The molecule has 0 saturated carbocycles. The van der Waals surface area contributed by atoms with E-state index in [1.165, 1.54) is 10.4 Å². The number of aromatic nitrogens is 1. The molecule has 4 nitrogen and oxygen atoms in total. The molecule has 0 saturated heterocycles.